The summed E-state index contributed by atoms with van der Waals surface area (Å²) in [5, 5.41) is 0. The van der Waals surface area contributed by atoms with E-state index < -0.39 is 5.97 Å². The molecule has 0 unspecified atom stereocenters. The highest BCUT2D eigenvalue weighted by molar-refractivity contribution is 5.93. The van der Waals surface area contributed by atoms with E-state index in [9.17, 15) is 4.79 Å². The molecule has 0 aliphatic rings. The number of methoxy groups -OCH3 is 1. The molecule has 0 aliphatic heterocycles. The molecule has 0 saturated carbocycles. The first-order valence-electron chi connectivity index (χ1n) is 5.99. The SMILES string of the molecule is COc1ccc(OC(C)C)cc1C(=O)OC(C)C. The van der Waals surface area contributed by atoms with Crippen LogP contribution in [0.15, 0.2) is 18.2 Å². The summed E-state index contributed by atoms with van der Waals surface area (Å²) in [5.41, 5.74) is 0.379. The van der Waals surface area contributed by atoms with Crippen molar-refractivity contribution >= 4 is 5.97 Å². The molecule has 0 spiro atoms. The van der Waals surface area contributed by atoms with Gasteiger partial charge in [-0.15, -0.1) is 0 Å². The number of ether oxygens (including phenoxy) is 3. The molecule has 0 N–H and O–H groups in total. The van der Waals surface area contributed by atoms with E-state index in [-0.39, 0.29) is 12.2 Å². The topological polar surface area (TPSA) is 44.8 Å². The molecule has 100 valence electrons. The summed E-state index contributed by atoms with van der Waals surface area (Å²) in [6.07, 6.45) is -0.121. The Hall–Kier alpha value is -1.71. The maximum Gasteiger partial charge on any atom is 0.342 e. The van der Waals surface area contributed by atoms with Crippen molar-refractivity contribution in [2.75, 3.05) is 7.11 Å². The first-order chi connectivity index (χ1) is 8.43. The van der Waals surface area contributed by atoms with Crippen LogP contribution in [0.2, 0.25) is 0 Å². The van der Waals surface area contributed by atoms with E-state index in [0.29, 0.717) is 17.1 Å². The number of hydrogen-bond acceptors (Lipinski definition) is 4. The Morgan fingerprint density at radius 3 is 2.28 bits per heavy atom. The lowest BCUT2D eigenvalue weighted by Gasteiger charge is -2.14. The number of carbonyl (C=O) groups is 1. The molecule has 1 aromatic carbocycles. The molecule has 4 nitrogen and oxygen atoms in total. The van der Waals surface area contributed by atoms with Gasteiger partial charge in [0.2, 0.25) is 0 Å². The van der Waals surface area contributed by atoms with Gasteiger partial charge >= 0.3 is 5.97 Å². The smallest absolute Gasteiger partial charge is 0.342 e. The van der Waals surface area contributed by atoms with Crippen LogP contribution in [0, 0.1) is 0 Å². The Kier molecular flexibility index (Phi) is 5.01. The van der Waals surface area contributed by atoms with Crippen molar-refractivity contribution in [3.8, 4) is 11.5 Å². The van der Waals surface area contributed by atoms with Crippen molar-refractivity contribution in [3.63, 3.8) is 0 Å². The summed E-state index contributed by atoms with van der Waals surface area (Å²) in [6, 6.07) is 5.11. The van der Waals surface area contributed by atoms with Gasteiger partial charge in [-0.3, -0.25) is 0 Å². The van der Waals surface area contributed by atoms with Crippen LogP contribution >= 0.6 is 0 Å². The Balaban J connectivity index is 3.01. The van der Waals surface area contributed by atoms with Crippen LogP contribution in [-0.2, 0) is 4.74 Å². The standard InChI is InChI=1S/C14H20O4/c1-9(2)17-11-6-7-13(16-5)12(8-11)14(15)18-10(3)4/h6-10H,1-5H3. The lowest BCUT2D eigenvalue weighted by Crippen LogP contribution is -2.13. The molecule has 0 radical (unpaired) electrons. The van der Waals surface area contributed by atoms with Gasteiger partial charge in [0, 0.05) is 0 Å². The molecule has 0 heterocycles. The van der Waals surface area contributed by atoms with Crippen LogP contribution in [-0.4, -0.2) is 25.3 Å². The Labute approximate surface area is 108 Å². The average Bonchev–Trinajstić information content (AvgIpc) is 2.27. The number of hydrogen-bond donors (Lipinski definition) is 0. The molecule has 0 aromatic heterocycles. The van der Waals surface area contributed by atoms with Crippen molar-refractivity contribution in [3.05, 3.63) is 23.8 Å². The van der Waals surface area contributed by atoms with E-state index in [1.165, 1.54) is 7.11 Å². The van der Waals surface area contributed by atoms with Gasteiger partial charge in [-0.1, -0.05) is 0 Å². The molecule has 0 aliphatic carbocycles. The zero-order chi connectivity index (χ0) is 13.7. The zero-order valence-electron chi connectivity index (χ0n) is 11.5. The van der Waals surface area contributed by atoms with Crippen molar-refractivity contribution in [2.24, 2.45) is 0 Å². The van der Waals surface area contributed by atoms with Crippen molar-refractivity contribution in [2.45, 2.75) is 39.9 Å². The van der Waals surface area contributed by atoms with Crippen LogP contribution in [0.3, 0.4) is 0 Å². The molecule has 0 fully saturated rings. The predicted molar refractivity (Wildman–Crippen MR) is 69.3 cm³/mol. The molecule has 0 bridgehead atoms. The van der Waals surface area contributed by atoms with Crippen LogP contribution in [0.4, 0.5) is 0 Å². The highest BCUT2D eigenvalue weighted by atomic mass is 16.5. The van der Waals surface area contributed by atoms with Gasteiger partial charge in [0.05, 0.1) is 19.3 Å². The minimum absolute atomic E-state index is 0.0485. The first-order valence-corrected chi connectivity index (χ1v) is 5.99. The van der Waals surface area contributed by atoms with Gasteiger partial charge < -0.3 is 14.2 Å². The van der Waals surface area contributed by atoms with E-state index in [1.807, 2.05) is 13.8 Å². The highest BCUT2D eigenvalue weighted by Gasteiger charge is 2.16. The monoisotopic (exact) mass is 252 g/mol. The summed E-state index contributed by atoms with van der Waals surface area (Å²) in [7, 11) is 1.52. The number of benzene rings is 1. The lowest BCUT2D eigenvalue weighted by atomic mass is 10.2. The minimum Gasteiger partial charge on any atom is -0.496 e. The molecule has 0 atom stereocenters. The average molecular weight is 252 g/mol. The van der Waals surface area contributed by atoms with E-state index >= 15 is 0 Å². The van der Waals surface area contributed by atoms with Gasteiger partial charge in [-0.25, -0.2) is 4.79 Å². The minimum atomic E-state index is -0.406. The van der Waals surface area contributed by atoms with Crippen LogP contribution in [0.25, 0.3) is 0 Å². The van der Waals surface area contributed by atoms with Crippen LogP contribution < -0.4 is 9.47 Å². The Morgan fingerprint density at radius 2 is 1.78 bits per heavy atom. The Morgan fingerprint density at radius 1 is 1.11 bits per heavy atom. The normalized spacial score (nSPS) is 10.6. The molecular formula is C14H20O4. The molecule has 1 aromatic rings. The third kappa shape index (κ3) is 3.95. The number of rotatable bonds is 5. The number of esters is 1. The van der Waals surface area contributed by atoms with Crippen molar-refractivity contribution < 1.29 is 19.0 Å². The van der Waals surface area contributed by atoms with Gasteiger partial charge in [-0.05, 0) is 45.9 Å². The van der Waals surface area contributed by atoms with E-state index in [4.69, 9.17) is 14.2 Å². The molecular weight excluding hydrogens is 232 g/mol. The summed E-state index contributed by atoms with van der Waals surface area (Å²) in [5.74, 6) is 0.703. The second-order valence-electron chi connectivity index (χ2n) is 4.48. The summed E-state index contributed by atoms with van der Waals surface area (Å²) in [6.45, 7) is 7.46. The summed E-state index contributed by atoms with van der Waals surface area (Å²) < 4.78 is 15.9. The van der Waals surface area contributed by atoms with Gasteiger partial charge in [-0.2, -0.15) is 0 Å². The fourth-order valence-corrected chi connectivity index (χ4v) is 1.47. The van der Waals surface area contributed by atoms with Crippen LogP contribution in [0.1, 0.15) is 38.1 Å². The molecule has 4 heteroatoms. The van der Waals surface area contributed by atoms with Crippen molar-refractivity contribution in [1.29, 1.82) is 0 Å². The number of carbonyl (C=O) groups excluding carboxylic acids is 1. The maximum absolute atomic E-state index is 11.9. The molecule has 1 rings (SSSR count). The van der Waals surface area contributed by atoms with Gasteiger partial charge in [0.25, 0.3) is 0 Å². The van der Waals surface area contributed by atoms with Gasteiger partial charge in [0.1, 0.15) is 17.1 Å². The van der Waals surface area contributed by atoms with E-state index in [1.54, 1.807) is 32.0 Å². The zero-order valence-corrected chi connectivity index (χ0v) is 11.5. The second kappa shape index (κ2) is 6.28. The molecule has 18 heavy (non-hydrogen) atoms. The Bertz CT molecular complexity index is 410. The lowest BCUT2D eigenvalue weighted by molar-refractivity contribution is 0.0373. The predicted octanol–water partition coefficient (Wildman–Crippen LogP) is 3.05. The van der Waals surface area contributed by atoms with E-state index in [0.717, 1.165) is 0 Å². The summed E-state index contributed by atoms with van der Waals surface area (Å²) in [4.78, 5) is 11.9. The first kappa shape index (κ1) is 14.4. The van der Waals surface area contributed by atoms with Crippen molar-refractivity contribution in [1.82, 2.24) is 0 Å². The van der Waals surface area contributed by atoms with Crippen LogP contribution in [0.5, 0.6) is 11.5 Å². The molecule has 0 saturated heterocycles. The summed E-state index contributed by atoms with van der Waals surface area (Å²) >= 11 is 0. The molecule has 0 amide bonds. The fourth-order valence-electron chi connectivity index (χ4n) is 1.47. The van der Waals surface area contributed by atoms with Gasteiger partial charge in [0.15, 0.2) is 0 Å². The fraction of sp³-hybridized carbons (Fsp3) is 0.500. The third-order valence-corrected chi connectivity index (χ3v) is 2.11. The third-order valence-electron chi connectivity index (χ3n) is 2.11. The van der Waals surface area contributed by atoms with E-state index in [2.05, 4.69) is 0 Å². The maximum atomic E-state index is 11.9. The second-order valence-corrected chi connectivity index (χ2v) is 4.48. The quantitative estimate of drug-likeness (QED) is 0.755. The highest BCUT2D eigenvalue weighted by Crippen LogP contribution is 2.25. The largest absolute Gasteiger partial charge is 0.496 e.